The van der Waals surface area contributed by atoms with Crippen LogP contribution in [0.5, 0.6) is 0 Å². The summed E-state index contributed by atoms with van der Waals surface area (Å²) in [4.78, 5) is 20.7. The molecule has 1 aliphatic carbocycles. The maximum absolute atomic E-state index is 12.3. The maximum atomic E-state index is 12.3. The molecule has 0 fully saturated rings. The minimum atomic E-state index is -0.206. The van der Waals surface area contributed by atoms with Gasteiger partial charge in [-0.3, -0.25) is 9.48 Å². The quantitative estimate of drug-likeness (QED) is 0.816. The van der Waals surface area contributed by atoms with E-state index in [4.69, 9.17) is 5.73 Å². The Hall–Kier alpha value is -2.51. The average Bonchev–Trinajstić information content (AvgIpc) is 2.99. The van der Waals surface area contributed by atoms with Gasteiger partial charge in [0.2, 0.25) is 5.95 Å². The Labute approximate surface area is 121 Å². The van der Waals surface area contributed by atoms with Crippen LogP contribution in [0, 0.1) is 0 Å². The van der Waals surface area contributed by atoms with Crippen LogP contribution in [0.4, 0.5) is 5.95 Å². The lowest BCUT2D eigenvalue weighted by Gasteiger charge is -2.17. The van der Waals surface area contributed by atoms with E-state index >= 15 is 0 Å². The molecule has 0 aliphatic heterocycles. The molecule has 0 radical (unpaired) electrons. The molecule has 0 aromatic carbocycles. The van der Waals surface area contributed by atoms with Crippen molar-refractivity contribution >= 4 is 11.9 Å². The second-order valence-electron chi connectivity index (χ2n) is 4.98. The average molecular weight is 287 g/mol. The Morgan fingerprint density at radius 3 is 3.00 bits per heavy atom. The monoisotopic (exact) mass is 287 g/mol. The Morgan fingerprint density at radius 1 is 1.33 bits per heavy atom. The van der Waals surface area contributed by atoms with Gasteiger partial charge in [0.05, 0.1) is 12.7 Å². The molecule has 2 aromatic heterocycles. The van der Waals surface area contributed by atoms with E-state index in [1.54, 1.807) is 17.1 Å². The molecule has 110 valence electrons. The van der Waals surface area contributed by atoms with Crippen molar-refractivity contribution in [1.29, 1.82) is 0 Å². The van der Waals surface area contributed by atoms with Gasteiger partial charge in [-0.05, 0) is 25.7 Å². The van der Waals surface area contributed by atoms with Crippen LogP contribution >= 0.6 is 0 Å². The Kier molecular flexibility index (Phi) is 3.76. The van der Waals surface area contributed by atoms with E-state index in [0.717, 1.165) is 36.9 Å². The van der Waals surface area contributed by atoms with E-state index in [0.29, 0.717) is 18.8 Å². The van der Waals surface area contributed by atoms with Crippen LogP contribution in [-0.4, -0.2) is 37.4 Å². The summed E-state index contributed by atoms with van der Waals surface area (Å²) in [6, 6.07) is 0. The van der Waals surface area contributed by atoms with E-state index in [1.165, 1.54) is 0 Å². The zero-order chi connectivity index (χ0) is 14.7. The van der Waals surface area contributed by atoms with E-state index in [9.17, 15) is 4.79 Å². The number of carbonyl (C=O) groups excluding carboxylic acids is 1. The highest BCUT2D eigenvalue weighted by Gasteiger charge is 2.21. The lowest BCUT2D eigenvalue weighted by atomic mass is 9.94. The van der Waals surface area contributed by atoms with Crippen LogP contribution in [0.2, 0.25) is 0 Å². The molecule has 0 spiro atoms. The summed E-state index contributed by atoms with van der Waals surface area (Å²) in [5.74, 6) is -0.0422. The number of nitrogens with zero attached hydrogens (tertiary/aromatic N) is 5. The van der Waals surface area contributed by atoms with Gasteiger partial charge in [0, 0.05) is 24.0 Å². The first-order chi connectivity index (χ1) is 10.2. The second kappa shape index (κ2) is 5.86. The molecule has 0 unspecified atom stereocenters. The number of hydrogen-bond donors (Lipinski definition) is 2. The van der Waals surface area contributed by atoms with Crippen LogP contribution in [-0.2, 0) is 19.4 Å². The number of fused-ring (bicyclic) bond motifs is 1. The molecule has 0 atom stereocenters. The fourth-order valence-corrected chi connectivity index (χ4v) is 2.52. The molecule has 0 saturated heterocycles. The van der Waals surface area contributed by atoms with E-state index in [2.05, 4.69) is 25.6 Å². The summed E-state index contributed by atoms with van der Waals surface area (Å²) in [6.45, 7) is 1.02. The van der Waals surface area contributed by atoms with Gasteiger partial charge in [0.25, 0.3) is 5.91 Å². The van der Waals surface area contributed by atoms with Crippen molar-refractivity contribution < 1.29 is 4.79 Å². The van der Waals surface area contributed by atoms with E-state index in [-0.39, 0.29) is 11.9 Å². The van der Waals surface area contributed by atoms with Gasteiger partial charge in [-0.1, -0.05) is 5.21 Å². The van der Waals surface area contributed by atoms with Crippen molar-refractivity contribution in [2.75, 3.05) is 12.3 Å². The van der Waals surface area contributed by atoms with Crippen molar-refractivity contribution in [2.45, 2.75) is 32.2 Å². The number of amides is 1. The highest BCUT2D eigenvalue weighted by Crippen LogP contribution is 2.22. The SMILES string of the molecule is Nc1nc2c(c(C(=O)NCCn3ccnn3)n1)CCCC2. The number of nitrogen functional groups attached to an aromatic ring is 1. The van der Waals surface area contributed by atoms with Crippen molar-refractivity contribution in [1.82, 2.24) is 30.3 Å². The van der Waals surface area contributed by atoms with Gasteiger partial charge in [0.1, 0.15) is 5.69 Å². The fraction of sp³-hybridized carbons (Fsp3) is 0.462. The second-order valence-corrected chi connectivity index (χ2v) is 4.98. The first-order valence-electron chi connectivity index (χ1n) is 7.01. The summed E-state index contributed by atoms with van der Waals surface area (Å²) in [6.07, 6.45) is 7.18. The Bertz CT molecular complexity index is 638. The first-order valence-corrected chi connectivity index (χ1v) is 7.01. The van der Waals surface area contributed by atoms with Crippen molar-refractivity contribution in [3.05, 3.63) is 29.3 Å². The largest absolute Gasteiger partial charge is 0.368 e. The van der Waals surface area contributed by atoms with Crippen LogP contribution < -0.4 is 11.1 Å². The molecule has 8 nitrogen and oxygen atoms in total. The maximum Gasteiger partial charge on any atom is 0.270 e. The summed E-state index contributed by atoms with van der Waals surface area (Å²) in [7, 11) is 0. The third kappa shape index (κ3) is 2.99. The molecule has 1 aliphatic rings. The topological polar surface area (TPSA) is 112 Å². The smallest absolute Gasteiger partial charge is 0.270 e. The minimum Gasteiger partial charge on any atom is -0.368 e. The molecular formula is C13H17N7O. The molecule has 0 saturated carbocycles. The predicted octanol–water partition coefficient (Wildman–Crippen LogP) is -0.0409. The highest BCUT2D eigenvalue weighted by atomic mass is 16.1. The molecule has 8 heteroatoms. The summed E-state index contributed by atoms with van der Waals surface area (Å²) < 4.78 is 1.66. The van der Waals surface area contributed by atoms with E-state index in [1.807, 2.05) is 0 Å². The zero-order valence-corrected chi connectivity index (χ0v) is 11.6. The number of hydrogen-bond acceptors (Lipinski definition) is 6. The standard InChI is InChI=1S/C13H17N7O/c14-13-17-10-4-2-1-3-9(10)11(18-13)12(21)15-5-7-20-8-6-16-19-20/h6,8H,1-5,7H2,(H,15,21)(H2,14,17,18). The molecule has 3 N–H and O–H groups in total. The minimum absolute atomic E-state index is 0.164. The number of anilines is 1. The fourth-order valence-electron chi connectivity index (χ4n) is 2.52. The lowest BCUT2D eigenvalue weighted by Crippen LogP contribution is -2.30. The molecule has 0 bridgehead atoms. The van der Waals surface area contributed by atoms with Gasteiger partial charge in [-0.2, -0.15) is 0 Å². The number of aryl methyl sites for hydroxylation is 1. The molecule has 2 heterocycles. The number of aromatic nitrogens is 5. The Balaban J connectivity index is 1.70. The molecule has 2 aromatic rings. The zero-order valence-electron chi connectivity index (χ0n) is 11.6. The van der Waals surface area contributed by atoms with Crippen molar-refractivity contribution in [2.24, 2.45) is 0 Å². The number of nitrogens with one attached hydrogen (secondary N) is 1. The van der Waals surface area contributed by atoms with Gasteiger partial charge >= 0.3 is 0 Å². The molecule has 1 amide bonds. The van der Waals surface area contributed by atoms with Gasteiger partial charge in [-0.15, -0.1) is 5.10 Å². The predicted molar refractivity (Wildman–Crippen MR) is 75.4 cm³/mol. The lowest BCUT2D eigenvalue weighted by molar-refractivity contribution is 0.0945. The third-order valence-electron chi connectivity index (χ3n) is 3.51. The summed E-state index contributed by atoms with van der Waals surface area (Å²) >= 11 is 0. The normalized spacial score (nSPS) is 13.7. The van der Waals surface area contributed by atoms with Crippen LogP contribution in [0.15, 0.2) is 12.4 Å². The van der Waals surface area contributed by atoms with Crippen LogP contribution in [0.3, 0.4) is 0 Å². The van der Waals surface area contributed by atoms with Crippen LogP contribution in [0.25, 0.3) is 0 Å². The van der Waals surface area contributed by atoms with Gasteiger partial charge in [0.15, 0.2) is 0 Å². The van der Waals surface area contributed by atoms with E-state index < -0.39 is 0 Å². The molecule has 3 rings (SSSR count). The van der Waals surface area contributed by atoms with Crippen LogP contribution in [0.1, 0.15) is 34.6 Å². The number of rotatable bonds is 4. The number of carbonyl (C=O) groups is 1. The summed E-state index contributed by atoms with van der Waals surface area (Å²) in [5.41, 5.74) is 7.97. The van der Waals surface area contributed by atoms with Crippen molar-refractivity contribution in [3.63, 3.8) is 0 Å². The number of nitrogens with two attached hydrogens (primary N) is 1. The Morgan fingerprint density at radius 2 is 2.19 bits per heavy atom. The first kappa shape index (κ1) is 13.5. The highest BCUT2D eigenvalue weighted by molar-refractivity contribution is 5.94. The third-order valence-corrected chi connectivity index (χ3v) is 3.51. The molecule has 21 heavy (non-hydrogen) atoms. The van der Waals surface area contributed by atoms with Gasteiger partial charge < -0.3 is 11.1 Å². The summed E-state index contributed by atoms with van der Waals surface area (Å²) in [5, 5.41) is 10.4. The molecular weight excluding hydrogens is 270 g/mol. The van der Waals surface area contributed by atoms with Gasteiger partial charge in [-0.25, -0.2) is 9.97 Å². The van der Waals surface area contributed by atoms with Crippen molar-refractivity contribution in [3.8, 4) is 0 Å².